The van der Waals surface area contributed by atoms with Crippen LogP contribution in [-0.2, 0) is 0 Å². The highest BCUT2D eigenvalue weighted by atomic mass is 16.3. The number of hydrogen-bond acceptors (Lipinski definition) is 4. The molecule has 0 aromatic heterocycles. The fraction of sp³-hybridized carbons (Fsp3) is 0.880. The first kappa shape index (κ1) is 50.8. The zero-order chi connectivity index (χ0) is 39.0. The van der Waals surface area contributed by atoms with Gasteiger partial charge in [-0.3, -0.25) is 0 Å². The van der Waals surface area contributed by atoms with E-state index in [1.165, 1.54) is 218 Å². The fourth-order valence-corrected chi connectivity index (χ4v) is 8.20. The molecular formula is C50H95NO3. The summed E-state index contributed by atoms with van der Waals surface area (Å²) in [5.74, 6) is 0.248. The van der Waals surface area contributed by atoms with Gasteiger partial charge in [-0.2, -0.15) is 0 Å². The van der Waals surface area contributed by atoms with E-state index in [-0.39, 0.29) is 5.75 Å². The maximum atomic E-state index is 10.9. The molecule has 1 aromatic carbocycles. The molecule has 0 aliphatic heterocycles. The molecule has 0 amide bonds. The third kappa shape index (κ3) is 34.0. The summed E-state index contributed by atoms with van der Waals surface area (Å²) >= 11 is 0. The molecule has 0 saturated carbocycles. The summed E-state index contributed by atoms with van der Waals surface area (Å²) in [6.45, 7) is 5.64. The van der Waals surface area contributed by atoms with Crippen LogP contribution in [0.3, 0.4) is 0 Å². The molecule has 0 saturated heterocycles. The van der Waals surface area contributed by atoms with Crippen LogP contribution in [0.2, 0.25) is 0 Å². The van der Waals surface area contributed by atoms with Crippen molar-refractivity contribution in [3.05, 3.63) is 24.3 Å². The van der Waals surface area contributed by atoms with Crippen LogP contribution in [0.4, 0.5) is 5.69 Å². The molecule has 0 fully saturated rings. The van der Waals surface area contributed by atoms with E-state index in [0.29, 0.717) is 13.1 Å². The molecule has 0 aliphatic rings. The molecular weight excluding hydrogens is 663 g/mol. The van der Waals surface area contributed by atoms with Crippen LogP contribution in [-0.4, -0.2) is 40.6 Å². The Labute approximate surface area is 338 Å². The molecule has 4 nitrogen and oxygen atoms in total. The topological polar surface area (TPSA) is 63.9 Å². The van der Waals surface area contributed by atoms with Crippen molar-refractivity contribution in [1.29, 1.82) is 0 Å². The molecule has 0 bridgehead atoms. The third-order valence-corrected chi connectivity index (χ3v) is 11.9. The molecule has 4 heteroatoms. The van der Waals surface area contributed by atoms with Gasteiger partial charge in [-0.1, -0.05) is 245 Å². The van der Waals surface area contributed by atoms with Crippen LogP contribution in [0, 0.1) is 0 Å². The lowest BCUT2D eigenvalue weighted by atomic mass is 10.0. The molecule has 3 N–H and O–H groups in total. The van der Waals surface area contributed by atoms with Crippen molar-refractivity contribution >= 4 is 5.69 Å². The zero-order valence-corrected chi connectivity index (χ0v) is 36.5. The van der Waals surface area contributed by atoms with Crippen molar-refractivity contribution in [2.45, 2.75) is 270 Å². The van der Waals surface area contributed by atoms with Gasteiger partial charge < -0.3 is 20.2 Å². The second-order valence-corrected chi connectivity index (χ2v) is 17.3. The normalized spacial score (nSPS) is 12.7. The quantitative estimate of drug-likeness (QED) is 0.0581. The maximum Gasteiger partial charge on any atom is 0.115 e. The first-order valence-corrected chi connectivity index (χ1v) is 24.5. The summed E-state index contributed by atoms with van der Waals surface area (Å²) in [5.41, 5.74) is 0.960. The Balaban J connectivity index is 2.06. The minimum atomic E-state index is -0.405. The first-order chi connectivity index (χ1) is 26.6. The predicted octanol–water partition coefficient (Wildman–Crippen LogP) is 15.8. The van der Waals surface area contributed by atoms with Gasteiger partial charge in [0.2, 0.25) is 0 Å². The van der Waals surface area contributed by atoms with Crippen molar-refractivity contribution in [3.8, 4) is 5.75 Å². The number of rotatable bonds is 43. The summed E-state index contributed by atoms with van der Waals surface area (Å²) in [6, 6.07) is 7.22. The molecule has 1 aromatic rings. The molecule has 318 valence electrons. The standard InChI is InChI=1S/C50H95NO3/c1-3-5-7-9-11-13-15-17-19-21-23-25-27-29-31-33-35-37-39-49(53)45-51(47-41-43-48(52)44-42-47)46-50(54)40-38-36-34-32-30-28-26-24-22-20-18-16-14-12-10-8-6-4-2/h41-44,49-50,52-54H,3-40,45-46H2,1-2H3. The van der Waals surface area contributed by atoms with Crippen molar-refractivity contribution < 1.29 is 15.3 Å². The Bertz CT molecular complexity index is 812. The van der Waals surface area contributed by atoms with Gasteiger partial charge >= 0.3 is 0 Å². The second kappa shape index (κ2) is 40.0. The molecule has 0 spiro atoms. The molecule has 2 atom stereocenters. The highest BCUT2D eigenvalue weighted by molar-refractivity contribution is 5.49. The van der Waals surface area contributed by atoms with Crippen molar-refractivity contribution in [2.24, 2.45) is 0 Å². The SMILES string of the molecule is CCCCCCCCCCCCCCCCCCCCC(O)CN(CC(O)CCCCCCCCCCCCCCCCCCCC)c1ccc(O)cc1. The van der Waals surface area contributed by atoms with Crippen LogP contribution >= 0.6 is 0 Å². The zero-order valence-electron chi connectivity index (χ0n) is 36.5. The number of unbranched alkanes of at least 4 members (excludes halogenated alkanes) is 34. The van der Waals surface area contributed by atoms with E-state index in [0.717, 1.165) is 31.4 Å². The average Bonchev–Trinajstić information content (AvgIpc) is 3.17. The number of phenols is 1. The van der Waals surface area contributed by atoms with Gasteiger partial charge in [0.05, 0.1) is 12.2 Å². The van der Waals surface area contributed by atoms with Gasteiger partial charge in [0.15, 0.2) is 0 Å². The van der Waals surface area contributed by atoms with Crippen molar-refractivity contribution in [2.75, 3.05) is 18.0 Å². The monoisotopic (exact) mass is 758 g/mol. The number of nitrogens with zero attached hydrogens (tertiary/aromatic N) is 1. The number of hydrogen-bond donors (Lipinski definition) is 3. The summed E-state index contributed by atoms with van der Waals surface area (Å²) in [4.78, 5) is 2.12. The highest BCUT2D eigenvalue weighted by Crippen LogP contribution is 2.22. The summed E-state index contributed by atoms with van der Waals surface area (Å²) in [6.07, 6.45) is 50.1. The number of benzene rings is 1. The Kier molecular flexibility index (Phi) is 37.6. The Hall–Kier alpha value is -1.26. The van der Waals surface area contributed by atoms with E-state index in [4.69, 9.17) is 0 Å². The highest BCUT2D eigenvalue weighted by Gasteiger charge is 2.17. The van der Waals surface area contributed by atoms with E-state index in [1.54, 1.807) is 12.1 Å². The molecule has 0 radical (unpaired) electrons. The van der Waals surface area contributed by atoms with Gasteiger partial charge in [0.25, 0.3) is 0 Å². The number of aliphatic hydroxyl groups is 2. The smallest absolute Gasteiger partial charge is 0.115 e. The second-order valence-electron chi connectivity index (χ2n) is 17.3. The lowest BCUT2D eigenvalue weighted by molar-refractivity contribution is 0.145. The minimum Gasteiger partial charge on any atom is -0.508 e. The van der Waals surface area contributed by atoms with E-state index in [2.05, 4.69) is 18.7 Å². The number of anilines is 1. The van der Waals surface area contributed by atoms with Gasteiger partial charge in [-0.25, -0.2) is 0 Å². The van der Waals surface area contributed by atoms with Crippen molar-refractivity contribution in [1.82, 2.24) is 0 Å². The molecule has 54 heavy (non-hydrogen) atoms. The Morgan fingerprint density at radius 1 is 0.352 bits per heavy atom. The van der Waals surface area contributed by atoms with Crippen LogP contribution in [0.25, 0.3) is 0 Å². The summed E-state index contributed by atoms with van der Waals surface area (Å²) in [7, 11) is 0. The van der Waals surface area contributed by atoms with E-state index in [9.17, 15) is 15.3 Å². The molecule has 1 rings (SSSR count). The van der Waals surface area contributed by atoms with Gasteiger partial charge in [0.1, 0.15) is 5.75 Å². The van der Waals surface area contributed by atoms with Crippen molar-refractivity contribution in [3.63, 3.8) is 0 Å². The van der Waals surface area contributed by atoms with E-state index < -0.39 is 12.2 Å². The maximum absolute atomic E-state index is 10.9. The van der Waals surface area contributed by atoms with Crippen LogP contribution in [0.5, 0.6) is 5.75 Å². The third-order valence-electron chi connectivity index (χ3n) is 11.9. The van der Waals surface area contributed by atoms with Gasteiger partial charge in [-0.05, 0) is 37.1 Å². The number of aromatic hydroxyl groups is 1. The largest absolute Gasteiger partial charge is 0.508 e. The van der Waals surface area contributed by atoms with Crippen LogP contribution < -0.4 is 4.90 Å². The first-order valence-electron chi connectivity index (χ1n) is 24.5. The Morgan fingerprint density at radius 2 is 0.574 bits per heavy atom. The summed E-state index contributed by atoms with van der Waals surface area (Å²) in [5, 5.41) is 31.7. The van der Waals surface area contributed by atoms with Crippen LogP contribution in [0.1, 0.15) is 258 Å². The predicted molar refractivity (Wildman–Crippen MR) is 239 cm³/mol. The van der Waals surface area contributed by atoms with Crippen LogP contribution in [0.15, 0.2) is 24.3 Å². The van der Waals surface area contributed by atoms with E-state index in [1.807, 2.05) is 12.1 Å². The lowest BCUT2D eigenvalue weighted by Crippen LogP contribution is -2.38. The van der Waals surface area contributed by atoms with E-state index >= 15 is 0 Å². The number of aliphatic hydroxyl groups excluding tert-OH is 2. The number of phenolic OH excluding ortho intramolecular Hbond substituents is 1. The fourth-order valence-electron chi connectivity index (χ4n) is 8.20. The van der Waals surface area contributed by atoms with Gasteiger partial charge in [0, 0.05) is 18.8 Å². The molecule has 0 aliphatic carbocycles. The molecule has 0 heterocycles. The van der Waals surface area contributed by atoms with Gasteiger partial charge in [-0.15, -0.1) is 0 Å². The average molecular weight is 758 g/mol. The minimum absolute atomic E-state index is 0.248. The molecule has 2 unspecified atom stereocenters. The summed E-state index contributed by atoms with van der Waals surface area (Å²) < 4.78 is 0. The Morgan fingerprint density at radius 3 is 0.815 bits per heavy atom. The lowest BCUT2D eigenvalue weighted by Gasteiger charge is -2.29.